The summed E-state index contributed by atoms with van der Waals surface area (Å²) in [6.45, 7) is 2.29. The van der Waals surface area contributed by atoms with Gasteiger partial charge in [0.05, 0.1) is 10.9 Å². The molecule has 1 N–H and O–H groups in total. The monoisotopic (exact) mass is 312 g/mol. The zero-order chi connectivity index (χ0) is 15.4. The summed E-state index contributed by atoms with van der Waals surface area (Å²) in [5, 5.41) is 11.4. The summed E-state index contributed by atoms with van der Waals surface area (Å²) >= 11 is 1.80. The van der Waals surface area contributed by atoms with Gasteiger partial charge in [-0.3, -0.25) is 0 Å². The fourth-order valence-corrected chi connectivity index (χ4v) is 4.61. The average molecular weight is 312 g/mol. The lowest BCUT2D eigenvalue weighted by molar-refractivity contribution is -0.00939. The van der Waals surface area contributed by atoms with Crippen LogP contribution in [0.4, 0.5) is 0 Å². The zero-order valence-corrected chi connectivity index (χ0v) is 13.9. The molecular weight excluding hydrogens is 288 g/mol. The molecule has 116 valence electrons. The van der Waals surface area contributed by atoms with Gasteiger partial charge in [-0.25, -0.2) is 0 Å². The van der Waals surface area contributed by atoms with E-state index in [2.05, 4.69) is 55.5 Å². The van der Waals surface area contributed by atoms with Crippen LogP contribution in [0.2, 0.25) is 0 Å². The van der Waals surface area contributed by atoms with Crippen molar-refractivity contribution < 1.29 is 5.11 Å². The van der Waals surface area contributed by atoms with Gasteiger partial charge in [-0.05, 0) is 49.3 Å². The van der Waals surface area contributed by atoms with E-state index in [0.717, 1.165) is 31.6 Å². The van der Waals surface area contributed by atoms with E-state index in [1.54, 1.807) is 11.8 Å². The first-order valence-electron chi connectivity index (χ1n) is 8.16. The first-order valence-corrected chi connectivity index (χ1v) is 9.04. The van der Waals surface area contributed by atoms with Gasteiger partial charge in [-0.1, -0.05) is 55.5 Å². The molecule has 0 aliphatic heterocycles. The summed E-state index contributed by atoms with van der Waals surface area (Å²) in [5.41, 5.74) is 0.627. The van der Waals surface area contributed by atoms with Crippen molar-refractivity contribution in [3.8, 4) is 0 Å². The number of aliphatic hydroxyl groups is 1. The Kier molecular flexibility index (Phi) is 4.90. The third kappa shape index (κ3) is 3.56. The first-order chi connectivity index (χ1) is 10.7. The van der Waals surface area contributed by atoms with Crippen LogP contribution in [-0.4, -0.2) is 10.7 Å². The second kappa shape index (κ2) is 6.89. The minimum atomic E-state index is -0.603. The van der Waals surface area contributed by atoms with Crippen LogP contribution in [0.3, 0.4) is 0 Å². The molecule has 0 heterocycles. The molecule has 0 unspecified atom stereocenters. The fourth-order valence-electron chi connectivity index (χ4n) is 3.28. The van der Waals surface area contributed by atoms with Crippen molar-refractivity contribution in [2.75, 3.05) is 0 Å². The van der Waals surface area contributed by atoms with Gasteiger partial charge in [0.15, 0.2) is 0 Å². The Labute approximate surface area is 137 Å². The summed E-state index contributed by atoms with van der Waals surface area (Å²) < 4.78 is 0. The first kappa shape index (κ1) is 15.6. The Morgan fingerprint density at radius 1 is 0.955 bits per heavy atom. The zero-order valence-electron chi connectivity index (χ0n) is 13.1. The molecule has 2 aromatic rings. The van der Waals surface area contributed by atoms with E-state index in [0.29, 0.717) is 0 Å². The molecule has 1 aliphatic carbocycles. The maximum absolute atomic E-state index is 11.3. The molecule has 0 radical (unpaired) electrons. The van der Waals surface area contributed by atoms with Crippen LogP contribution in [-0.2, 0) is 0 Å². The van der Waals surface area contributed by atoms with Gasteiger partial charge >= 0.3 is 0 Å². The summed E-state index contributed by atoms with van der Waals surface area (Å²) in [4.78, 5) is 1.23. The molecule has 1 atom stereocenters. The summed E-state index contributed by atoms with van der Waals surface area (Å²) in [7, 11) is 0. The van der Waals surface area contributed by atoms with Crippen molar-refractivity contribution >= 4 is 11.8 Å². The predicted molar refractivity (Wildman–Crippen MR) is 94.1 cm³/mol. The van der Waals surface area contributed by atoms with E-state index in [4.69, 9.17) is 0 Å². The summed E-state index contributed by atoms with van der Waals surface area (Å²) in [6.07, 6.45) is 4.03. The molecule has 3 rings (SSSR count). The number of rotatable bonds is 4. The quantitative estimate of drug-likeness (QED) is 0.756. The van der Waals surface area contributed by atoms with Crippen molar-refractivity contribution in [1.29, 1.82) is 0 Å². The standard InChI is InChI=1S/C20H24OS/c1-16-12-14-20(21,15-13-16)19(17-8-4-2-5-9-17)22-18-10-6-3-7-11-18/h2-11,16,19,21H,12-15H2,1H3/t16?,19-,20?/m0/s1. The maximum atomic E-state index is 11.3. The van der Waals surface area contributed by atoms with Crippen LogP contribution in [0.5, 0.6) is 0 Å². The molecule has 0 bridgehead atoms. The van der Waals surface area contributed by atoms with E-state index in [1.165, 1.54) is 10.5 Å². The lowest BCUT2D eigenvalue weighted by Crippen LogP contribution is -2.38. The maximum Gasteiger partial charge on any atom is 0.0810 e. The normalized spacial score (nSPS) is 26.5. The highest BCUT2D eigenvalue weighted by molar-refractivity contribution is 7.99. The van der Waals surface area contributed by atoms with Crippen molar-refractivity contribution in [2.45, 2.75) is 48.4 Å². The molecule has 0 spiro atoms. The minimum Gasteiger partial charge on any atom is -0.388 e. The molecule has 1 saturated carbocycles. The topological polar surface area (TPSA) is 20.2 Å². The highest BCUT2D eigenvalue weighted by atomic mass is 32.2. The second-order valence-electron chi connectivity index (χ2n) is 6.51. The smallest absolute Gasteiger partial charge is 0.0810 e. The Morgan fingerprint density at radius 3 is 2.09 bits per heavy atom. The van der Waals surface area contributed by atoms with Crippen LogP contribution in [0.25, 0.3) is 0 Å². The minimum absolute atomic E-state index is 0.101. The second-order valence-corrected chi connectivity index (χ2v) is 7.69. The Bertz CT molecular complexity index is 573. The van der Waals surface area contributed by atoms with Crippen LogP contribution in [0, 0.1) is 5.92 Å². The third-order valence-corrected chi connectivity index (χ3v) is 6.22. The fraction of sp³-hybridized carbons (Fsp3) is 0.400. The molecule has 1 fully saturated rings. The van der Waals surface area contributed by atoms with Gasteiger partial charge in [-0.2, -0.15) is 0 Å². The van der Waals surface area contributed by atoms with Crippen LogP contribution < -0.4 is 0 Å². The highest BCUT2D eigenvalue weighted by Gasteiger charge is 2.40. The Morgan fingerprint density at radius 2 is 1.50 bits per heavy atom. The lowest BCUT2D eigenvalue weighted by Gasteiger charge is -2.41. The van der Waals surface area contributed by atoms with Crippen molar-refractivity contribution in [3.05, 3.63) is 66.2 Å². The number of hydrogen-bond donors (Lipinski definition) is 1. The summed E-state index contributed by atoms with van der Waals surface area (Å²) in [5.74, 6) is 0.735. The van der Waals surface area contributed by atoms with Gasteiger partial charge in [0.1, 0.15) is 0 Å². The van der Waals surface area contributed by atoms with Gasteiger partial charge in [0.2, 0.25) is 0 Å². The van der Waals surface area contributed by atoms with E-state index in [1.807, 2.05) is 12.1 Å². The summed E-state index contributed by atoms with van der Waals surface area (Å²) in [6, 6.07) is 20.9. The van der Waals surface area contributed by atoms with Crippen molar-refractivity contribution in [3.63, 3.8) is 0 Å². The number of hydrogen-bond acceptors (Lipinski definition) is 2. The molecular formula is C20H24OS. The molecule has 0 aromatic heterocycles. The van der Waals surface area contributed by atoms with E-state index in [9.17, 15) is 5.11 Å². The molecule has 2 aromatic carbocycles. The van der Waals surface area contributed by atoms with Gasteiger partial charge in [0, 0.05) is 4.90 Å². The Balaban J connectivity index is 1.89. The molecule has 0 saturated heterocycles. The molecule has 2 heteroatoms. The van der Waals surface area contributed by atoms with E-state index in [-0.39, 0.29) is 5.25 Å². The van der Waals surface area contributed by atoms with Crippen LogP contribution in [0.1, 0.15) is 43.4 Å². The van der Waals surface area contributed by atoms with Gasteiger partial charge in [0.25, 0.3) is 0 Å². The largest absolute Gasteiger partial charge is 0.388 e. The van der Waals surface area contributed by atoms with Gasteiger partial charge < -0.3 is 5.11 Å². The van der Waals surface area contributed by atoms with E-state index < -0.39 is 5.60 Å². The predicted octanol–water partition coefficient (Wildman–Crippen LogP) is 5.46. The molecule has 1 aliphatic rings. The molecule has 22 heavy (non-hydrogen) atoms. The van der Waals surface area contributed by atoms with Crippen LogP contribution >= 0.6 is 11.8 Å². The highest BCUT2D eigenvalue weighted by Crippen LogP contribution is 2.49. The molecule has 1 nitrogen and oxygen atoms in total. The van der Waals surface area contributed by atoms with Crippen molar-refractivity contribution in [1.82, 2.24) is 0 Å². The number of thioether (sulfide) groups is 1. The average Bonchev–Trinajstić information content (AvgIpc) is 2.57. The SMILES string of the molecule is CC1CCC(O)([C@@H](Sc2ccccc2)c2ccccc2)CC1. The van der Waals surface area contributed by atoms with E-state index >= 15 is 0 Å². The van der Waals surface area contributed by atoms with Crippen molar-refractivity contribution in [2.24, 2.45) is 5.92 Å². The Hall–Kier alpha value is -1.25. The third-order valence-electron chi connectivity index (χ3n) is 4.73. The number of benzene rings is 2. The van der Waals surface area contributed by atoms with Gasteiger partial charge in [-0.15, -0.1) is 11.8 Å². The lowest BCUT2D eigenvalue weighted by atomic mass is 9.76. The molecule has 0 amide bonds. The van der Waals surface area contributed by atoms with Crippen LogP contribution in [0.15, 0.2) is 65.6 Å².